The van der Waals surface area contributed by atoms with Crippen LogP contribution < -0.4 is 10.1 Å². The molecule has 0 heterocycles. The molecule has 21 heavy (non-hydrogen) atoms. The summed E-state index contributed by atoms with van der Waals surface area (Å²) in [6.07, 6.45) is 5.89. The summed E-state index contributed by atoms with van der Waals surface area (Å²) in [4.78, 5) is 0. The number of benzene rings is 1. The number of ether oxygens (including phenoxy) is 1. The molecule has 1 aromatic carbocycles. The van der Waals surface area contributed by atoms with Gasteiger partial charge in [-0.3, -0.25) is 0 Å². The van der Waals surface area contributed by atoms with Gasteiger partial charge in [-0.15, -0.1) is 0 Å². The Hall–Kier alpha value is -1.09. The highest BCUT2D eigenvalue weighted by Gasteiger charge is 2.27. The van der Waals surface area contributed by atoms with Crippen LogP contribution in [0.2, 0.25) is 0 Å². The topological polar surface area (TPSA) is 21.3 Å². The first kappa shape index (κ1) is 14.8. The number of rotatable bonds is 5. The number of para-hydroxylation sites is 1. The summed E-state index contributed by atoms with van der Waals surface area (Å²) in [5.41, 5.74) is 0.952. The van der Waals surface area contributed by atoms with Gasteiger partial charge in [0.25, 0.3) is 0 Å². The molecule has 3 rings (SSSR count). The fraction of sp³-hybridized carbons (Fsp3) is 0.667. The van der Waals surface area contributed by atoms with E-state index in [1.54, 1.807) is 6.07 Å². The van der Waals surface area contributed by atoms with Crippen molar-refractivity contribution >= 4 is 0 Å². The monoisotopic (exact) mass is 291 g/mol. The number of nitrogens with one attached hydrogen (secondary N) is 1. The molecule has 0 amide bonds. The van der Waals surface area contributed by atoms with Crippen LogP contribution in [0.25, 0.3) is 0 Å². The zero-order valence-corrected chi connectivity index (χ0v) is 13.1. The predicted octanol–water partition coefficient (Wildman–Crippen LogP) is 4.28. The van der Waals surface area contributed by atoms with Crippen LogP contribution in [0.5, 0.6) is 5.75 Å². The average molecular weight is 291 g/mol. The third kappa shape index (κ3) is 3.76. The Morgan fingerprint density at radius 1 is 1.14 bits per heavy atom. The quantitative estimate of drug-likeness (QED) is 0.874. The standard InChI is InChI=1S/C18H26FNO/c1-12-6-9-16(10-13(12)2)21-18-14(4-3-5-17(18)19)11-20-15-7-8-15/h3-5,12-13,15-16,20H,6-11H2,1-2H3. The Morgan fingerprint density at radius 3 is 2.67 bits per heavy atom. The van der Waals surface area contributed by atoms with E-state index in [0.717, 1.165) is 24.3 Å². The Morgan fingerprint density at radius 2 is 1.95 bits per heavy atom. The van der Waals surface area contributed by atoms with Crippen molar-refractivity contribution in [3.63, 3.8) is 0 Å². The summed E-state index contributed by atoms with van der Waals surface area (Å²) in [7, 11) is 0. The summed E-state index contributed by atoms with van der Waals surface area (Å²) in [6, 6.07) is 5.88. The molecule has 116 valence electrons. The molecule has 0 aromatic heterocycles. The molecule has 0 spiro atoms. The predicted molar refractivity (Wildman–Crippen MR) is 82.9 cm³/mol. The molecule has 0 radical (unpaired) electrons. The second-order valence-electron chi connectivity index (χ2n) is 6.89. The molecule has 2 aliphatic rings. The Bertz CT molecular complexity index is 486. The largest absolute Gasteiger partial charge is 0.487 e. The van der Waals surface area contributed by atoms with Crippen molar-refractivity contribution in [2.45, 2.75) is 64.6 Å². The van der Waals surface area contributed by atoms with Crippen molar-refractivity contribution in [2.75, 3.05) is 0 Å². The molecule has 2 saturated carbocycles. The molecule has 3 unspecified atom stereocenters. The van der Waals surface area contributed by atoms with E-state index < -0.39 is 0 Å². The van der Waals surface area contributed by atoms with E-state index >= 15 is 0 Å². The molecule has 0 aliphatic heterocycles. The Kier molecular flexibility index (Phi) is 4.48. The maximum Gasteiger partial charge on any atom is 0.165 e. The maximum atomic E-state index is 14.2. The lowest BCUT2D eigenvalue weighted by molar-refractivity contribution is 0.0957. The van der Waals surface area contributed by atoms with Gasteiger partial charge >= 0.3 is 0 Å². The van der Waals surface area contributed by atoms with E-state index in [9.17, 15) is 4.39 Å². The number of hydrogen-bond acceptors (Lipinski definition) is 2. The molecule has 3 atom stereocenters. The second kappa shape index (κ2) is 6.35. The summed E-state index contributed by atoms with van der Waals surface area (Å²) in [5.74, 6) is 1.65. The Balaban J connectivity index is 1.68. The lowest BCUT2D eigenvalue weighted by atomic mass is 9.80. The summed E-state index contributed by atoms with van der Waals surface area (Å²) >= 11 is 0. The van der Waals surface area contributed by atoms with Crippen molar-refractivity contribution in [1.82, 2.24) is 5.32 Å². The zero-order valence-electron chi connectivity index (χ0n) is 13.1. The van der Waals surface area contributed by atoms with Crippen LogP contribution in [0, 0.1) is 17.7 Å². The number of halogens is 1. The Labute approximate surface area is 127 Å². The first-order valence-electron chi connectivity index (χ1n) is 8.31. The van der Waals surface area contributed by atoms with Crippen LogP contribution in [0.1, 0.15) is 51.5 Å². The minimum atomic E-state index is -0.226. The molecule has 0 saturated heterocycles. The van der Waals surface area contributed by atoms with Crippen LogP contribution in [-0.2, 0) is 6.54 Å². The van der Waals surface area contributed by atoms with Crippen LogP contribution in [-0.4, -0.2) is 12.1 Å². The van der Waals surface area contributed by atoms with Gasteiger partial charge < -0.3 is 10.1 Å². The first-order chi connectivity index (χ1) is 10.1. The van der Waals surface area contributed by atoms with Gasteiger partial charge in [0.1, 0.15) is 0 Å². The van der Waals surface area contributed by atoms with Crippen LogP contribution in [0.15, 0.2) is 18.2 Å². The van der Waals surface area contributed by atoms with Gasteiger partial charge in [-0.05, 0) is 50.0 Å². The molecule has 0 bridgehead atoms. The highest BCUT2D eigenvalue weighted by Crippen LogP contribution is 2.34. The maximum absolute atomic E-state index is 14.2. The highest BCUT2D eigenvalue weighted by atomic mass is 19.1. The van der Waals surface area contributed by atoms with Crippen LogP contribution >= 0.6 is 0 Å². The van der Waals surface area contributed by atoms with Crippen molar-refractivity contribution in [2.24, 2.45) is 11.8 Å². The van der Waals surface area contributed by atoms with Gasteiger partial charge in [-0.1, -0.05) is 26.0 Å². The molecule has 2 nitrogen and oxygen atoms in total. The van der Waals surface area contributed by atoms with Gasteiger partial charge in [-0.2, -0.15) is 0 Å². The minimum absolute atomic E-state index is 0.160. The normalized spacial score (nSPS) is 29.4. The van der Waals surface area contributed by atoms with Crippen molar-refractivity contribution in [3.05, 3.63) is 29.6 Å². The number of hydrogen-bond donors (Lipinski definition) is 1. The van der Waals surface area contributed by atoms with Gasteiger partial charge in [-0.25, -0.2) is 4.39 Å². The van der Waals surface area contributed by atoms with Crippen molar-refractivity contribution < 1.29 is 9.13 Å². The average Bonchev–Trinajstić information content (AvgIpc) is 3.28. The SMILES string of the molecule is CC1CCC(Oc2c(F)cccc2CNC2CC2)CC1C. The smallest absolute Gasteiger partial charge is 0.165 e. The van der Waals surface area contributed by atoms with E-state index in [2.05, 4.69) is 19.2 Å². The molecule has 1 N–H and O–H groups in total. The first-order valence-corrected chi connectivity index (χ1v) is 8.31. The van der Waals surface area contributed by atoms with Crippen LogP contribution in [0.4, 0.5) is 4.39 Å². The van der Waals surface area contributed by atoms with Gasteiger partial charge in [0.05, 0.1) is 6.10 Å². The third-order valence-electron chi connectivity index (χ3n) is 5.04. The third-order valence-corrected chi connectivity index (χ3v) is 5.04. The van der Waals surface area contributed by atoms with Crippen molar-refractivity contribution in [3.8, 4) is 5.75 Å². The molecular weight excluding hydrogens is 265 g/mol. The lowest BCUT2D eigenvalue weighted by Crippen LogP contribution is -2.29. The van der Waals surface area contributed by atoms with Gasteiger partial charge in [0.15, 0.2) is 11.6 Å². The fourth-order valence-corrected chi connectivity index (χ4v) is 3.14. The summed E-state index contributed by atoms with van der Waals surface area (Å²) in [5, 5.41) is 3.45. The van der Waals surface area contributed by atoms with E-state index in [4.69, 9.17) is 4.74 Å². The molecular formula is C18H26FNO. The van der Waals surface area contributed by atoms with E-state index in [1.165, 1.54) is 25.3 Å². The minimum Gasteiger partial charge on any atom is -0.487 e. The van der Waals surface area contributed by atoms with Gasteiger partial charge in [0, 0.05) is 18.2 Å². The zero-order chi connectivity index (χ0) is 14.8. The molecule has 2 fully saturated rings. The molecule has 1 aromatic rings. The lowest BCUT2D eigenvalue weighted by Gasteiger charge is -2.32. The summed E-state index contributed by atoms with van der Waals surface area (Å²) in [6.45, 7) is 5.28. The van der Waals surface area contributed by atoms with E-state index in [-0.39, 0.29) is 11.9 Å². The highest BCUT2D eigenvalue weighted by molar-refractivity contribution is 5.35. The van der Waals surface area contributed by atoms with E-state index in [1.807, 2.05) is 6.07 Å². The molecule has 2 aliphatic carbocycles. The summed E-state index contributed by atoms with van der Waals surface area (Å²) < 4.78 is 20.2. The molecule has 3 heteroatoms. The van der Waals surface area contributed by atoms with Crippen LogP contribution in [0.3, 0.4) is 0 Å². The van der Waals surface area contributed by atoms with Gasteiger partial charge in [0.2, 0.25) is 0 Å². The second-order valence-corrected chi connectivity index (χ2v) is 6.89. The van der Waals surface area contributed by atoms with Crippen molar-refractivity contribution in [1.29, 1.82) is 0 Å². The fourth-order valence-electron chi connectivity index (χ4n) is 3.14. The van der Waals surface area contributed by atoms with E-state index in [0.29, 0.717) is 24.3 Å².